The Balaban J connectivity index is 1.96. The van der Waals surface area contributed by atoms with Crippen LogP contribution >= 0.6 is 0 Å². The maximum absolute atomic E-state index is 12.1. The smallest absolute Gasteiger partial charge is 0.287 e. The largest absolute Gasteiger partial charge is 0.451 e. The molecule has 1 heterocycles. The second-order valence-electron chi connectivity index (χ2n) is 5.24. The van der Waals surface area contributed by atoms with E-state index >= 15 is 0 Å². The minimum Gasteiger partial charge on any atom is -0.451 e. The van der Waals surface area contributed by atoms with E-state index in [4.69, 9.17) is 9.52 Å². The number of aliphatic hydroxyl groups is 1. The number of hydrogen-bond donors (Lipinski definition) is 2. The van der Waals surface area contributed by atoms with Crippen LogP contribution < -0.4 is 5.32 Å². The molecule has 0 saturated heterocycles. The SMILES string of the molecule is Cc1c(C(=O)NCCCC(C)CO)oc2ccccc12. The number of aliphatic hydroxyl groups excluding tert-OH is 1. The van der Waals surface area contributed by atoms with Crippen molar-refractivity contribution in [3.8, 4) is 0 Å². The molecule has 0 radical (unpaired) electrons. The normalized spacial score (nSPS) is 12.6. The summed E-state index contributed by atoms with van der Waals surface area (Å²) in [6.45, 7) is 4.68. The monoisotopic (exact) mass is 275 g/mol. The van der Waals surface area contributed by atoms with Crippen LogP contribution in [0.15, 0.2) is 28.7 Å². The van der Waals surface area contributed by atoms with E-state index in [-0.39, 0.29) is 18.4 Å². The van der Waals surface area contributed by atoms with Gasteiger partial charge in [-0.05, 0) is 31.7 Å². The highest BCUT2D eigenvalue weighted by Gasteiger charge is 2.16. The lowest BCUT2D eigenvalue weighted by atomic mass is 10.1. The number of fused-ring (bicyclic) bond motifs is 1. The number of carbonyl (C=O) groups excluding carboxylic acids is 1. The van der Waals surface area contributed by atoms with Crippen molar-refractivity contribution in [2.75, 3.05) is 13.2 Å². The van der Waals surface area contributed by atoms with Gasteiger partial charge in [0, 0.05) is 24.1 Å². The Kier molecular flexibility index (Phi) is 4.79. The summed E-state index contributed by atoms with van der Waals surface area (Å²) in [7, 11) is 0. The fourth-order valence-electron chi connectivity index (χ4n) is 2.21. The first-order valence-corrected chi connectivity index (χ1v) is 7.00. The molecule has 0 aliphatic heterocycles. The zero-order valence-corrected chi connectivity index (χ0v) is 12.0. The highest BCUT2D eigenvalue weighted by Crippen LogP contribution is 2.24. The van der Waals surface area contributed by atoms with E-state index in [1.165, 1.54) is 0 Å². The molecular weight excluding hydrogens is 254 g/mol. The summed E-state index contributed by atoms with van der Waals surface area (Å²) < 4.78 is 5.61. The standard InChI is InChI=1S/C16H21NO3/c1-11(10-18)6-5-9-17-16(19)15-12(2)13-7-3-4-8-14(13)20-15/h3-4,7-8,11,18H,5-6,9-10H2,1-2H3,(H,17,19). The van der Waals surface area contributed by atoms with Crippen LogP contribution in [0.25, 0.3) is 11.0 Å². The summed E-state index contributed by atoms with van der Waals surface area (Å²) in [6.07, 6.45) is 1.75. The molecule has 1 amide bonds. The molecule has 2 N–H and O–H groups in total. The molecule has 2 aromatic rings. The zero-order chi connectivity index (χ0) is 14.5. The number of para-hydroxylation sites is 1. The number of nitrogens with one attached hydrogen (secondary N) is 1. The van der Waals surface area contributed by atoms with Crippen LogP contribution in [0.4, 0.5) is 0 Å². The third kappa shape index (κ3) is 3.20. The number of amides is 1. The number of hydrogen-bond acceptors (Lipinski definition) is 3. The van der Waals surface area contributed by atoms with Crippen molar-refractivity contribution in [2.45, 2.75) is 26.7 Å². The van der Waals surface area contributed by atoms with Gasteiger partial charge in [0.05, 0.1) is 0 Å². The van der Waals surface area contributed by atoms with Crippen molar-refractivity contribution in [1.29, 1.82) is 0 Å². The summed E-state index contributed by atoms with van der Waals surface area (Å²) in [5.74, 6) is 0.497. The van der Waals surface area contributed by atoms with Crippen molar-refractivity contribution in [3.05, 3.63) is 35.6 Å². The van der Waals surface area contributed by atoms with Crippen LogP contribution in [-0.2, 0) is 0 Å². The van der Waals surface area contributed by atoms with Crippen LogP contribution in [-0.4, -0.2) is 24.2 Å². The minimum absolute atomic E-state index is 0.171. The van der Waals surface area contributed by atoms with Crippen LogP contribution in [0.5, 0.6) is 0 Å². The molecule has 0 fully saturated rings. The second kappa shape index (κ2) is 6.57. The number of carbonyl (C=O) groups is 1. The van der Waals surface area contributed by atoms with E-state index in [2.05, 4.69) is 5.32 Å². The fraction of sp³-hybridized carbons (Fsp3) is 0.438. The van der Waals surface area contributed by atoms with Crippen LogP contribution in [0.1, 0.15) is 35.9 Å². The third-order valence-electron chi connectivity index (χ3n) is 3.52. The molecule has 1 aromatic carbocycles. The molecule has 4 nitrogen and oxygen atoms in total. The van der Waals surface area contributed by atoms with E-state index in [1.54, 1.807) is 0 Å². The van der Waals surface area contributed by atoms with Crippen molar-refractivity contribution >= 4 is 16.9 Å². The van der Waals surface area contributed by atoms with E-state index in [1.807, 2.05) is 38.1 Å². The average Bonchev–Trinajstić information content (AvgIpc) is 2.81. The van der Waals surface area contributed by atoms with Gasteiger partial charge in [-0.1, -0.05) is 25.1 Å². The minimum atomic E-state index is -0.171. The Morgan fingerprint density at radius 3 is 2.85 bits per heavy atom. The maximum Gasteiger partial charge on any atom is 0.287 e. The Morgan fingerprint density at radius 1 is 1.40 bits per heavy atom. The van der Waals surface area contributed by atoms with Gasteiger partial charge in [0.2, 0.25) is 0 Å². The second-order valence-corrected chi connectivity index (χ2v) is 5.24. The fourth-order valence-corrected chi connectivity index (χ4v) is 2.21. The molecule has 1 unspecified atom stereocenters. The first-order chi connectivity index (χ1) is 9.63. The van der Waals surface area contributed by atoms with Crippen molar-refractivity contribution < 1.29 is 14.3 Å². The highest BCUT2D eigenvalue weighted by atomic mass is 16.3. The molecule has 4 heteroatoms. The van der Waals surface area contributed by atoms with Gasteiger partial charge >= 0.3 is 0 Å². The highest BCUT2D eigenvalue weighted by molar-refractivity contribution is 5.98. The molecule has 1 aromatic heterocycles. The lowest BCUT2D eigenvalue weighted by Gasteiger charge is -2.07. The van der Waals surface area contributed by atoms with Crippen molar-refractivity contribution in [3.63, 3.8) is 0 Å². The van der Waals surface area contributed by atoms with Gasteiger partial charge in [-0.15, -0.1) is 0 Å². The third-order valence-corrected chi connectivity index (χ3v) is 3.52. The van der Waals surface area contributed by atoms with Gasteiger partial charge in [0.1, 0.15) is 5.58 Å². The molecule has 0 aliphatic rings. The quantitative estimate of drug-likeness (QED) is 0.797. The average molecular weight is 275 g/mol. The lowest BCUT2D eigenvalue weighted by molar-refractivity contribution is 0.0925. The van der Waals surface area contributed by atoms with Gasteiger partial charge in [0.15, 0.2) is 5.76 Å². The summed E-state index contributed by atoms with van der Waals surface area (Å²) in [6, 6.07) is 7.64. The Hall–Kier alpha value is -1.81. The number of rotatable bonds is 6. The molecule has 1 atom stereocenters. The summed E-state index contributed by atoms with van der Waals surface area (Å²) in [5, 5.41) is 12.8. The van der Waals surface area contributed by atoms with E-state index in [0.717, 1.165) is 29.4 Å². The summed E-state index contributed by atoms with van der Waals surface area (Å²) in [5.41, 5.74) is 1.62. The summed E-state index contributed by atoms with van der Waals surface area (Å²) in [4.78, 5) is 12.1. The van der Waals surface area contributed by atoms with E-state index in [0.29, 0.717) is 12.3 Å². The molecular formula is C16H21NO3. The Bertz CT molecular complexity index is 588. The summed E-state index contributed by atoms with van der Waals surface area (Å²) >= 11 is 0. The van der Waals surface area contributed by atoms with Crippen LogP contribution in [0.2, 0.25) is 0 Å². The van der Waals surface area contributed by atoms with Gasteiger partial charge < -0.3 is 14.8 Å². The van der Waals surface area contributed by atoms with E-state index < -0.39 is 0 Å². The van der Waals surface area contributed by atoms with Gasteiger partial charge in [-0.25, -0.2) is 0 Å². The van der Waals surface area contributed by atoms with Gasteiger partial charge in [-0.2, -0.15) is 0 Å². The molecule has 0 aliphatic carbocycles. The first kappa shape index (κ1) is 14.6. The number of benzene rings is 1. The molecule has 20 heavy (non-hydrogen) atoms. The van der Waals surface area contributed by atoms with Crippen molar-refractivity contribution in [2.24, 2.45) is 5.92 Å². The van der Waals surface area contributed by atoms with Crippen molar-refractivity contribution in [1.82, 2.24) is 5.32 Å². The van der Waals surface area contributed by atoms with Gasteiger partial charge in [0.25, 0.3) is 5.91 Å². The lowest BCUT2D eigenvalue weighted by Crippen LogP contribution is -2.25. The Labute approximate surface area is 118 Å². The predicted molar refractivity (Wildman–Crippen MR) is 78.8 cm³/mol. The van der Waals surface area contributed by atoms with Crippen LogP contribution in [0, 0.1) is 12.8 Å². The first-order valence-electron chi connectivity index (χ1n) is 7.00. The number of aryl methyl sites for hydroxylation is 1. The van der Waals surface area contributed by atoms with E-state index in [9.17, 15) is 4.79 Å². The molecule has 0 spiro atoms. The molecule has 0 saturated carbocycles. The zero-order valence-electron chi connectivity index (χ0n) is 12.0. The molecule has 108 valence electrons. The number of furan rings is 1. The van der Waals surface area contributed by atoms with Crippen LogP contribution in [0.3, 0.4) is 0 Å². The topological polar surface area (TPSA) is 62.5 Å². The predicted octanol–water partition coefficient (Wildman–Crippen LogP) is 2.88. The van der Waals surface area contributed by atoms with Gasteiger partial charge in [-0.3, -0.25) is 4.79 Å². The Morgan fingerprint density at radius 2 is 2.15 bits per heavy atom. The molecule has 0 bridgehead atoms. The maximum atomic E-state index is 12.1. The molecule has 2 rings (SSSR count).